The summed E-state index contributed by atoms with van der Waals surface area (Å²) >= 11 is 0. The first-order valence-corrected chi connectivity index (χ1v) is 6.77. The van der Waals surface area contributed by atoms with Crippen molar-refractivity contribution in [1.82, 2.24) is 4.98 Å². The van der Waals surface area contributed by atoms with Crippen LogP contribution in [0.1, 0.15) is 19.5 Å². The minimum Gasteiger partial charge on any atom is -0.489 e. The van der Waals surface area contributed by atoms with Crippen LogP contribution in [0.4, 0.5) is 8.78 Å². The Bertz CT molecular complexity index is 613. The Morgan fingerprint density at radius 3 is 2.64 bits per heavy atom. The quantitative estimate of drug-likeness (QED) is 0.848. The van der Waals surface area contributed by atoms with Crippen LogP contribution >= 0.6 is 0 Å². The molecule has 0 atom stereocenters. The Morgan fingerprint density at radius 2 is 2.05 bits per heavy atom. The molecule has 0 bridgehead atoms. The minimum atomic E-state index is -2.94. The standard InChI is InChI=1S/C15H17F2NO4/c1-9(2)7-20-13-5-10(3-4-12(13)22-15(16)17)14-18-11(6-19)8-21-14/h3-5,8-9,15,19H,6-7H2,1-2H3. The Kier molecular flexibility index (Phi) is 5.32. The van der Waals surface area contributed by atoms with Gasteiger partial charge in [-0.3, -0.25) is 0 Å². The maximum absolute atomic E-state index is 12.4. The van der Waals surface area contributed by atoms with Crippen molar-refractivity contribution in [2.75, 3.05) is 6.61 Å². The van der Waals surface area contributed by atoms with Gasteiger partial charge in [-0.1, -0.05) is 13.8 Å². The Morgan fingerprint density at radius 1 is 1.27 bits per heavy atom. The van der Waals surface area contributed by atoms with Gasteiger partial charge in [0, 0.05) is 5.56 Å². The molecule has 0 aliphatic rings. The first-order valence-electron chi connectivity index (χ1n) is 6.77. The van der Waals surface area contributed by atoms with E-state index >= 15 is 0 Å². The summed E-state index contributed by atoms with van der Waals surface area (Å²) in [6.07, 6.45) is 1.33. The third kappa shape index (κ3) is 4.17. The summed E-state index contributed by atoms with van der Waals surface area (Å²) < 4.78 is 40.1. The third-order valence-corrected chi connectivity index (χ3v) is 2.69. The highest BCUT2D eigenvalue weighted by Crippen LogP contribution is 2.33. The number of hydrogen-bond donors (Lipinski definition) is 1. The highest BCUT2D eigenvalue weighted by atomic mass is 19.3. The highest BCUT2D eigenvalue weighted by molar-refractivity contribution is 5.60. The minimum absolute atomic E-state index is 0.0478. The molecule has 0 aliphatic heterocycles. The molecule has 5 nitrogen and oxygen atoms in total. The monoisotopic (exact) mass is 313 g/mol. The molecule has 7 heteroatoms. The molecular formula is C15H17F2NO4. The van der Waals surface area contributed by atoms with Crippen LogP contribution in [0.15, 0.2) is 28.9 Å². The van der Waals surface area contributed by atoms with Gasteiger partial charge in [-0.15, -0.1) is 0 Å². The van der Waals surface area contributed by atoms with Crippen molar-refractivity contribution in [1.29, 1.82) is 0 Å². The first-order chi connectivity index (χ1) is 10.5. The number of rotatable bonds is 7. The maximum atomic E-state index is 12.4. The average molecular weight is 313 g/mol. The second-order valence-corrected chi connectivity index (χ2v) is 5.05. The lowest BCUT2D eigenvalue weighted by Gasteiger charge is -2.14. The molecule has 0 saturated heterocycles. The molecule has 0 spiro atoms. The first kappa shape index (κ1) is 16.2. The van der Waals surface area contributed by atoms with Crippen molar-refractivity contribution in [2.45, 2.75) is 27.1 Å². The van der Waals surface area contributed by atoms with Gasteiger partial charge in [0.1, 0.15) is 12.0 Å². The van der Waals surface area contributed by atoms with Gasteiger partial charge in [0.15, 0.2) is 11.5 Å². The molecule has 0 radical (unpaired) electrons. The van der Waals surface area contributed by atoms with Gasteiger partial charge in [-0.05, 0) is 24.1 Å². The van der Waals surface area contributed by atoms with Crippen molar-refractivity contribution in [3.8, 4) is 23.0 Å². The smallest absolute Gasteiger partial charge is 0.387 e. The summed E-state index contributed by atoms with van der Waals surface area (Å²) in [5.74, 6) is 0.636. The van der Waals surface area contributed by atoms with E-state index in [1.807, 2.05) is 13.8 Å². The number of ether oxygens (including phenoxy) is 2. The van der Waals surface area contributed by atoms with E-state index in [4.69, 9.17) is 14.3 Å². The molecule has 120 valence electrons. The van der Waals surface area contributed by atoms with Crippen molar-refractivity contribution >= 4 is 0 Å². The number of nitrogens with zero attached hydrogens (tertiary/aromatic N) is 1. The zero-order valence-corrected chi connectivity index (χ0v) is 12.3. The molecule has 1 aromatic heterocycles. The zero-order valence-electron chi connectivity index (χ0n) is 12.3. The average Bonchev–Trinajstić information content (AvgIpc) is 2.94. The molecule has 0 unspecified atom stereocenters. The van der Waals surface area contributed by atoms with Gasteiger partial charge in [0.2, 0.25) is 5.89 Å². The van der Waals surface area contributed by atoms with E-state index in [1.54, 1.807) is 0 Å². The van der Waals surface area contributed by atoms with Crippen LogP contribution in [0.2, 0.25) is 0 Å². The molecule has 1 N–H and O–H groups in total. The Labute approximate surface area is 126 Å². The number of aliphatic hydroxyl groups is 1. The molecule has 0 amide bonds. The number of aromatic nitrogens is 1. The molecule has 1 heterocycles. The Hall–Kier alpha value is -2.15. The summed E-state index contributed by atoms with van der Waals surface area (Å²) in [6, 6.07) is 4.43. The molecule has 1 aromatic carbocycles. The van der Waals surface area contributed by atoms with E-state index in [9.17, 15) is 8.78 Å². The molecule has 22 heavy (non-hydrogen) atoms. The summed E-state index contributed by atoms with van der Waals surface area (Å²) in [4.78, 5) is 4.06. The lowest BCUT2D eigenvalue weighted by molar-refractivity contribution is -0.0515. The van der Waals surface area contributed by atoms with Crippen LogP contribution < -0.4 is 9.47 Å². The van der Waals surface area contributed by atoms with Gasteiger partial charge < -0.3 is 19.0 Å². The van der Waals surface area contributed by atoms with Gasteiger partial charge in [-0.2, -0.15) is 8.78 Å². The van der Waals surface area contributed by atoms with Gasteiger partial charge in [0.25, 0.3) is 0 Å². The SMILES string of the molecule is CC(C)COc1cc(-c2nc(CO)co2)ccc1OC(F)F. The van der Waals surface area contributed by atoms with Gasteiger partial charge in [-0.25, -0.2) is 4.98 Å². The predicted octanol–water partition coefficient (Wildman–Crippen LogP) is 3.47. The summed E-state index contributed by atoms with van der Waals surface area (Å²) in [5.41, 5.74) is 0.924. The molecular weight excluding hydrogens is 296 g/mol. The number of hydrogen-bond acceptors (Lipinski definition) is 5. The van der Waals surface area contributed by atoms with E-state index in [-0.39, 0.29) is 29.9 Å². The molecule has 0 aliphatic carbocycles. The summed E-state index contributed by atoms with van der Waals surface area (Å²) in [5, 5.41) is 8.99. The van der Waals surface area contributed by atoms with Crippen LogP contribution in [0, 0.1) is 5.92 Å². The number of aliphatic hydroxyl groups excluding tert-OH is 1. The van der Waals surface area contributed by atoms with Gasteiger partial charge in [0.05, 0.1) is 13.2 Å². The fourth-order valence-corrected chi connectivity index (χ4v) is 1.72. The van der Waals surface area contributed by atoms with E-state index in [0.717, 1.165) is 0 Å². The molecule has 2 aromatic rings. The van der Waals surface area contributed by atoms with Crippen LogP contribution in [0.3, 0.4) is 0 Å². The van der Waals surface area contributed by atoms with Crippen molar-refractivity contribution in [3.63, 3.8) is 0 Å². The second-order valence-electron chi connectivity index (χ2n) is 5.05. The van der Waals surface area contributed by atoms with Crippen molar-refractivity contribution in [3.05, 3.63) is 30.2 Å². The number of oxazole rings is 1. The molecule has 2 rings (SSSR count). The summed E-state index contributed by atoms with van der Waals surface area (Å²) in [6.45, 7) is 1.07. The topological polar surface area (TPSA) is 64.7 Å². The fraction of sp³-hybridized carbons (Fsp3) is 0.400. The third-order valence-electron chi connectivity index (χ3n) is 2.69. The second kappa shape index (κ2) is 7.22. The highest BCUT2D eigenvalue weighted by Gasteiger charge is 2.15. The van der Waals surface area contributed by atoms with E-state index < -0.39 is 6.61 Å². The lowest BCUT2D eigenvalue weighted by atomic mass is 10.2. The maximum Gasteiger partial charge on any atom is 0.387 e. The van der Waals surface area contributed by atoms with Crippen molar-refractivity contribution in [2.24, 2.45) is 5.92 Å². The van der Waals surface area contributed by atoms with Crippen LogP contribution in [0.5, 0.6) is 11.5 Å². The van der Waals surface area contributed by atoms with E-state index in [0.29, 0.717) is 17.9 Å². The van der Waals surface area contributed by atoms with E-state index in [2.05, 4.69) is 9.72 Å². The number of alkyl halides is 2. The molecule has 0 saturated carbocycles. The van der Waals surface area contributed by atoms with E-state index in [1.165, 1.54) is 24.5 Å². The van der Waals surface area contributed by atoms with Crippen LogP contribution in [-0.2, 0) is 6.61 Å². The van der Waals surface area contributed by atoms with Crippen molar-refractivity contribution < 1.29 is 27.8 Å². The lowest BCUT2D eigenvalue weighted by Crippen LogP contribution is -2.08. The summed E-state index contributed by atoms with van der Waals surface area (Å²) in [7, 11) is 0. The predicted molar refractivity (Wildman–Crippen MR) is 74.8 cm³/mol. The Balaban J connectivity index is 2.30. The zero-order chi connectivity index (χ0) is 16.1. The van der Waals surface area contributed by atoms with Crippen LogP contribution in [-0.4, -0.2) is 23.3 Å². The van der Waals surface area contributed by atoms with Crippen LogP contribution in [0.25, 0.3) is 11.5 Å². The largest absolute Gasteiger partial charge is 0.489 e. The normalized spacial score (nSPS) is 11.2. The van der Waals surface area contributed by atoms with Gasteiger partial charge >= 0.3 is 6.61 Å². The number of benzene rings is 1. The molecule has 0 fully saturated rings. The fourth-order valence-electron chi connectivity index (χ4n) is 1.72. The number of halogens is 2.